The Labute approximate surface area is 156 Å². The van der Waals surface area contributed by atoms with E-state index in [0.29, 0.717) is 10.2 Å². The van der Waals surface area contributed by atoms with Gasteiger partial charge in [0.15, 0.2) is 5.82 Å². The van der Waals surface area contributed by atoms with Crippen molar-refractivity contribution in [2.24, 2.45) is 0 Å². The smallest absolute Gasteiger partial charge is 0.264 e. The summed E-state index contributed by atoms with van der Waals surface area (Å²) in [6.45, 7) is 1.43. The summed E-state index contributed by atoms with van der Waals surface area (Å²) in [7, 11) is -0.00127. The highest BCUT2D eigenvalue weighted by Crippen LogP contribution is 2.17. The lowest BCUT2D eigenvalue weighted by Crippen LogP contribution is -2.35. The highest BCUT2D eigenvalue weighted by atomic mass is 32.2. The zero-order valence-corrected chi connectivity index (χ0v) is 16.1. The van der Waals surface area contributed by atoms with Crippen molar-refractivity contribution in [3.8, 4) is 0 Å². The third kappa shape index (κ3) is 4.90. The van der Waals surface area contributed by atoms with E-state index in [4.69, 9.17) is 9.36 Å². The molecule has 0 unspecified atom stereocenters. The summed E-state index contributed by atoms with van der Waals surface area (Å²) in [6.07, 6.45) is 0. The summed E-state index contributed by atoms with van der Waals surface area (Å²) in [5.41, 5.74) is 0.119. The third-order valence-electron chi connectivity index (χ3n) is 3.60. The van der Waals surface area contributed by atoms with Gasteiger partial charge in [0.1, 0.15) is 5.76 Å². The van der Waals surface area contributed by atoms with E-state index >= 15 is 0 Å². The number of sulfonamides is 1. The second-order valence-corrected chi connectivity index (χ2v) is 7.59. The number of nitrogens with one attached hydrogen (secondary N) is 1. The van der Waals surface area contributed by atoms with E-state index in [1.807, 2.05) is 0 Å². The molecule has 0 fully saturated rings. The lowest BCUT2D eigenvalue weighted by Gasteiger charge is -2.18. The Bertz CT molecular complexity index is 940. The van der Waals surface area contributed by atoms with Crippen LogP contribution in [0.1, 0.15) is 16.1 Å². The standard InChI is InChI=1S/C16H20N4O6S/c1-11-8-14(18-26-11)17-15(21)10-19(2)16(22)12-6-5-7-13(9-12)27(23,24)20(3)25-4/h5-9H,10H2,1-4H3,(H,17,18,21). The molecule has 0 bridgehead atoms. The van der Waals surface area contributed by atoms with E-state index in [2.05, 4.69) is 10.5 Å². The minimum absolute atomic E-state index is 0.103. The molecule has 1 heterocycles. The molecule has 146 valence electrons. The number of nitrogens with zero attached hydrogens (tertiary/aromatic N) is 3. The average molecular weight is 396 g/mol. The molecule has 2 rings (SSSR count). The van der Waals surface area contributed by atoms with Gasteiger partial charge >= 0.3 is 0 Å². The summed E-state index contributed by atoms with van der Waals surface area (Å²) in [6, 6.07) is 7.02. The first-order chi connectivity index (χ1) is 12.6. The molecule has 2 amide bonds. The van der Waals surface area contributed by atoms with Crippen LogP contribution in [0, 0.1) is 6.92 Å². The number of rotatable bonds is 7. The molecule has 1 N–H and O–H groups in total. The van der Waals surface area contributed by atoms with Crippen molar-refractivity contribution in [1.29, 1.82) is 0 Å². The maximum atomic E-state index is 12.5. The largest absolute Gasteiger partial charge is 0.360 e. The molecular weight excluding hydrogens is 376 g/mol. The summed E-state index contributed by atoms with van der Waals surface area (Å²) in [5.74, 6) is -0.205. The van der Waals surface area contributed by atoms with Crippen LogP contribution in [0.3, 0.4) is 0 Å². The van der Waals surface area contributed by atoms with Gasteiger partial charge in [-0.15, -0.1) is 0 Å². The minimum Gasteiger partial charge on any atom is -0.360 e. The second kappa shape index (κ2) is 8.29. The average Bonchev–Trinajstić information content (AvgIpc) is 3.04. The predicted octanol–water partition coefficient (Wildman–Crippen LogP) is 0.876. The van der Waals surface area contributed by atoms with Gasteiger partial charge in [-0.2, -0.15) is 0 Å². The molecule has 0 atom stereocenters. The van der Waals surface area contributed by atoms with Gasteiger partial charge in [0, 0.05) is 25.7 Å². The number of carbonyl (C=O) groups is 2. The van der Waals surface area contributed by atoms with Crippen molar-refractivity contribution in [2.45, 2.75) is 11.8 Å². The van der Waals surface area contributed by atoms with Crippen molar-refractivity contribution in [2.75, 3.05) is 33.1 Å². The summed E-state index contributed by atoms with van der Waals surface area (Å²) >= 11 is 0. The Morgan fingerprint density at radius 2 is 1.96 bits per heavy atom. The Hall–Kier alpha value is -2.76. The zero-order chi connectivity index (χ0) is 20.2. The van der Waals surface area contributed by atoms with Gasteiger partial charge in [0.2, 0.25) is 5.91 Å². The number of aryl methyl sites for hydroxylation is 1. The van der Waals surface area contributed by atoms with Gasteiger partial charge in [-0.05, 0) is 25.1 Å². The summed E-state index contributed by atoms with van der Waals surface area (Å²) < 4.78 is 30.1. The van der Waals surface area contributed by atoms with Gasteiger partial charge < -0.3 is 14.7 Å². The predicted molar refractivity (Wildman–Crippen MR) is 95.2 cm³/mol. The van der Waals surface area contributed by atoms with Crippen LogP contribution in [0.25, 0.3) is 0 Å². The molecule has 0 aliphatic carbocycles. The molecule has 0 aliphatic rings. The second-order valence-electron chi connectivity index (χ2n) is 5.66. The van der Waals surface area contributed by atoms with Gasteiger partial charge in [0.25, 0.3) is 15.9 Å². The van der Waals surface area contributed by atoms with Gasteiger partial charge in [0.05, 0.1) is 18.6 Å². The van der Waals surface area contributed by atoms with Crippen LogP contribution < -0.4 is 5.32 Å². The van der Waals surface area contributed by atoms with Crippen LogP contribution in [-0.4, -0.2) is 62.5 Å². The molecule has 0 saturated carbocycles. The van der Waals surface area contributed by atoms with Crippen molar-refractivity contribution in [3.63, 3.8) is 0 Å². The van der Waals surface area contributed by atoms with Crippen LogP contribution in [0.5, 0.6) is 0 Å². The summed E-state index contributed by atoms with van der Waals surface area (Å²) in [4.78, 5) is 30.3. The molecule has 0 saturated heterocycles. The summed E-state index contributed by atoms with van der Waals surface area (Å²) in [5, 5.41) is 6.14. The SMILES string of the molecule is CON(C)S(=O)(=O)c1cccc(C(=O)N(C)CC(=O)Nc2cc(C)on2)c1. The highest BCUT2D eigenvalue weighted by molar-refractivity contribution is 7.89. The highest BCUT2D eigenvalue weighted by Gasteiger charge is 2.23. The Morgan fingerprint density at radius 3 is 2.56 bits per heavy atom. The lowest BCUT2D eigenvalue weighted by molar-refractivity contribution is -0.116. The molecule has 1 aromatic heterocycles. The Kier molecular flexibility index (Phi) is 6.31. The number of amides is 2. The van der Waals surface area contributed by atoms with Crippen LogP contribution >= 0.6 is 0 Å². The zero-order valence-electron chi connectivity index (χ0n) is 15.3. The van der Waals surface area contributed by atoms with E-state index < -0.39 is 21.8 Å². The van der Waals surface area contributed by atoms with Crippen LogP contribution in [0.15, 0.2) is 39.8 Å². The Balaban J connectivity index is 2.10. The number of likely N-dealkylation sites (N-methyl/N-ethyl adjacent to an activating group) is 1. The van der Waals surface area contributed by atoms with Gasteiger partial charge in [-0.1, -0.05) is 15.7 Å². The Morgan fingerprint density at radius 1 is 1.26 bits per heavy atom. The number of carbonyl (C=O) groups excluding carboxylic acids is 2. The molecule has 27 heavy (non-hydrogen) atoms. The van der Waals surface area contributed by atoms with E-state index in [1.54, 1.807) is 13.0 Å². The first-order valence-electron chi connectivity index (χ1n) is 7.77. The topological polar surface area (TPSA) is 122 Å². The fourth-order valence-corrected chi connectivity index (χ4v) is 3.17. The third-order valence-corrected chi connectivity index (χ3v) is 5.27. The van der Waals surface area contributed by atoms with E-state index in [0.717, 1.165) is 4.90 Å². The maximum absolute atomic E-state index is 12.5. The van der Waals surface area contributed by atoms with Crippen molar-refractivity contribution in [3.05, 3.63) is 41.7 Å². The van der Waals surface area contributed by atoms with Gasteiger partial charge in [-0.25, -0.2) is 8.42 Å². The molecule has 0 aliphatic heterocycles. The molecule has 1 aromatic carbocycles. The van der Waals surface area contributed by atoms with Crippen molar-refractivity contribution < 1.29 is 27.4 Å². The molecule has 10 nitrogen and oxygen atoms in total. The van der Waals surface area contributed by atoms with Crippen LogP contribution in [0.2, 0.25) is 0 Å². The number of hydrogen-bond acceptors (Lipinski definition) is 7. The minimum atomic E-state index is -3.89. The molecule has 0 spiro atoms. The van der Waals surface area contributed by atoms with Crippen molar-refractivity contribution >= 4 is 27.7 Å². The van der Waals surface area contributed by atoms with Crippen molar-refractivity contribution in [1.82, 2.24) is 14.5 Å². The lowest BCUT2D eigenvalue weighted by atomic mass is 10.2. The molecule has 0 radical (unpaired) electrons. The number of hydrogen-bond donors (Lipinski definition) is 1. The normalized spacial score (nSPS) is 11.4. The number of benzene rings is 1. The first-order valence-corrected chi connectivity index (χ1v) is 9.21. The first kappa shape index (κ1) is 20.6. The van der Waals surface area contributed by atoms with Crippen LogP contribution in [0.4, 0.5) is 5.82 Å². The number of hydroxylamine groups is 1. The molecule has 11 heteroatoms. The molecular formula is C16H20N4O6S. The van der Waals surface area contributed by atoms with E-state index in [-0.39, 0.29) is 22.8 Å². The maximum Gasteiger partial charge on any atom is 0.264 e. The quantitative estimate of drug-likeness (QED) is 0.689. The number of aromatic nitrogens is 1. The fourth-order valence-electron chi connectivity index (χ4n) is 2.15. The van der Waals surface area contributed by atoms with E-state index in [1.165, 1.54) is 45.5 Å². The monoisotopic (exact) mass is 396 g/mol. The van der Waals surface area contributed by atoms with Gasteiger partial charge in [-0.3, -0.25) is 14.4 Å². The van der Waals surface area contributed by atoms with E-state index in [9.17, 15) is 18.0 Å². The number of anilines is 1. The van der Waals surface area contributed by atoms with Crippen LogP contribution in [-0.2, 0) is 19.7 Å². The fraction of sp³-hybridized carbons (Fsp3) is 0.312. The molecule has 2 aromatic rings.